The van der Waals surface area contributed by atoms with E-state index in [0.717, 1.165) is 16.5 Å². The van der Waals surface area contributed by atoms with Crippen LogP contribution in [0.25, 0.3) is 10.9 Å². The predicted octanol–water partition coefficient (Wildman–Crippen LogP) is 1.64. The first-order valence-electron chi connectivity index (χ1n) is 4.14. The van der Waals surface area contributed by atoms with E-state index >= 15 is 0 Å². The van der Waals surface area contributed by atoms with E-state index in [4.69, 9.17) is 5.11 Å². The van der Waals surface area contributed by atoms with Crippen LogP contribution in [0.2, 0.25) is 0 Å². The van der Waals surface area contributed by atoms with Crippen LogP contribution in [0.3, 0.4) is 0 Å². The molecule has 70 valence electrons. The molecule has 2 rings (SSSR count). The maximum atomic E-state index is 10.6. The van der Waals surface area contributed by atoms with Crippen LogP contribution < -0.4 is 0 Å². The lowest BCUT2D eigenvalue weighted by Gasteiger charge is -1.98. The minimum Gasteiger partial charge on any atom is -0.476 e. The molecule has 0 spiro atoms. The molecule has 0 aliphatic rings. The summed E-state index contributed by atoms with van der Waals surface area (Å²) in [4.78, 5) is 10.6. The lowest BCUT2D eigenvalue weighted by molar-refractivity contribution is 0.0689. The number of carbonyl (C=O) groups is 1. The summed E-state index contributed by atoms with van der Waals surface area (Å²) in [5, 5.41) is 16.9. The van der Waals surface area contributed by atoms with Crippen LogP contribution in [0.1, 0.15) is 16.1 Å². The first-order valence-corrected chi connectivity index (χ1v) is 4.14. The molecule has 0 unspecified atom stereocenters. The van der Waals surface area contributed by atoms with E-state index in [9.17, 15) is 4.79 Å². The molecule has 4 nitrogen and oxygen atoms in total. The second kappa shape index (κ2) is 3.06. The fraction of sp³-hybridized carbons (Fsp3) is 0.100. The molecule has 0 radical (unpaired) electrons. The van der Waals surface area contributed by atoms with Crippen molar-refractivity contribution in [1.29, 1.82) is 0 Å². The molecule has 1 N–H and O–H groups in total. The van der Waals surface area contributed by atoms with Crippen molar-refractivity contribution in [3.63, 3.8) is 0 Å². The van der Waals surface area contributed by atoms with Gasteiger partial charge in [-0.2, -0.15) is 0 Å². The first-order chi connectivity index (χ1) is 6.66. The van der Waals surface area contributed by atoms with Crippen molar-refractivity contribution in [2.45, 2.75) is 6.92 Å². The molecule has 4 heteroatoms. The Morgan fingerprint density at radius 3 is 2.79 bits per heavy atom. The predicted molar refractivity (Wildman–Crippen MR) is 51.2 cm³/mol. The average molecular weight is 188 g/mol. The molecular weight excluding hydrogens is 180 g/mol. The summed E-state index contributed by atoms with van der Waals surface area (Å²) in [6.45, 7) is 1.95. The molecule has 1 aromatic heterocycles. The number of aromatic nitrogens is 2. The summed E-state index contributed by atoms with van der Waals surface area (Å²) in [6, 6.07) is 7.14. The number of benzene rings is 1. The molecular formula is C10H8N2O2. The monoisotopic (exact) mass is 188 g/mol. The summed E-state index contributed by atoms with van der Waals surface area (Å²) in [5.41, 5.74) is 1.77. The molecule has 0 saturated carbocycles. The third kappa shape index (κ3) is 1.42. The van der Waals surface area contributed by atoms with Crippen molar-refractivity contribution >= 4 is 16.9 Å². The molecule has 1 heterocycles. The molecule has 0 aliphatic carbocycles. The van der Waals surface area contributed by atoms with Crippen molar-refractivity contribution in [3.8, 4) is 0 Å². The minimum absolute atomic E-state index is 0.0265. The number of carboxylic acid groups (broad SMARTS) is 1. The number of fused-ring (bicyclic) bond motifs is 1. The SMILES string of the molecule is Cc1ccc2cc(C(=O)O)nnc2c1. The van der Waals surface area contributed by atoms with Gasteiger partial charge in [0.1, 0.15) is 0 Å². The first kappa shape index (κ1) is 8.62. The van der Waals surface area contributed by atoms with Gasteiger partial charge in [-0.25, -0.2) is 4.79 Å². The number of carboxylic acids is 1. The van der Waals surface area contributed by atoms with E-state index < -0.39 is 5.97 Å². The van der Waals surface area contributed by atoms with Crippen LogP contribution in [0.5, 0.6) is 0 Å². The van der Waals surface area contributed by atoms with Crippen molar-refractivity contribution < 1.29 is 9.90 Å². The third-order valence-electron chi connectivity index (χ3n) is 1.96. The Hall–Kier alpha value is -1.97. The Bertz CT molecular complexity index is 508. The van der Waals surface area contributed by atoms with Crippen LogP contribution in [-0.2, 0) is 0 Å². The maximum Gasteiger partial charge on any atom is 0.356 e. The van der Waals surface area contributed by atoms with Gasteiger partial charge in [-0.05, 0) is 24.6 Å². The van der Waals surface area contributed by atoms with Crippen molar-refractivity contribution in [2.75, 3.05) is 0 Å². The van der Waals surface area contributed by atoms with E-state index in [0.29, 0.717) is 0 Å². The van der Waals surface area contributed by atoms with Crippen molar-refractivity contribution in [3.05, 3.63) is 35.5 Å². The second-order valence-corrected chi connectivity index (χ2v) is 3.10. The lowest BCUT2D eigenvalue weighted by atomic mass is 10.1. The van der Waals surface area contributed by atoms with E-state index in [1.807, 2.05) is 25.1 Å². The summed E-state index contributed by atoms with van der Waals surface area (Å²) in [7, 11) is 0. The van der Waals surface area contributed by atoms with E-state index in [1.54, 1.807) is 0 Å². The number of aromatic carboxylic acids is 1. The highest BCUT2D eigenvalue weighted by Gasteiger charge is 2.06. The highest BCUT2D eigenvalue weighted by Crippen LogP contribution is 2.13. The molecule has 2 aromatic rings. The maximum absolute atomic E-state index is 10.6. The zero-order valence-electron chi connectivity index (χ0n) is 7.56. The Morgan fingerprint density at radius 2 is 2.07 bits per heavy atom. The molecule has 0 saturated heterocycles. The standard InChI is InChI=1S/C10H8N2O2/c1-6-2-3-7-5-9(10(13)14)12-11-8(7)4-6/h2-5H,1H3,(H,13,14). The van der Waals surface area contributed by atoms with Crippen molar-refractivity contribution in [1.82, 2.24) is 10.2 Å². The molecule has 0 amide bonds. The van der Waals surface area contributed by atoms with E-state index in [2.05, 4.69) is 10.2 Å². The molecule has 1 aromatic carbocycles. The third-order valence-corrected chi connectivity index (χ3v) is 1.96. The fourth-order valence-corrected chi connectivity index (χ4v) is 1.25. The minimum atomic E-state index is -1.06. The smallest absolute Gasteiger partial charge is 0.356 e. The van der Waals surface area contributed by atoms with Gasteiger partial charge in [-0.15, -0.1) is 10.2 Å². The van der Waals surface area contributed by atoms with Gasteiger partial charge >= 0.3 is 5.97 Å². The van der Waals surface area contributed by atoms with Gasteiger partial charge in [0.25, 0.3) is 0 Å². The van der Waals surface area contributed by atoms with Gasteiger partial charge in [0.15, 0.2) is 5.69 Å². The largest absolute Gasteiger partial charge is 0.476 e. The van der Waals surface area contributed by atoms with Gasteiger partial charge < -0.3 is 5.11 Å². The van der Waals surface area contributed by atoms with Gasteiger partial charge in [-0.3, -0.25) is 0 Å². The van der Waals surface area contributed by atoms with E-state index in [-0.39, 0.29) is 5.69 Å². The zero-order valence-corrected chi connectivity index (χ0v) is 7.56. The number of nitrogens with zero attached hydrogens (tertiary/aromatic N) is 2. The molecule has 0 aliphatic heterocycles. The quantitative estimate of drug-likeness (QED) is 0.738. The number of rotatable bonds is 1. The average Bonchev–Trinajstić information content (AvgIpc) is 2.16. The summed E-state index contributed by atoms with van der Waals surface area (Å²) in [5.74, 6) is -1.06. The zero-order chi connectivity index (χ0) is 10.1. The summed E-state index contributed by atoms with van der Waals surface area (Å²) in [6.07, 6.45) is 0. The molecule has 0 bridgehead atoms. The van der Waals surface area contributed by atoms with Crippen LogP contribution in [0, 0.1) is 6.92 Å². The van der Waals surface area contributed by atoms with Crippen LogP contribution in [-0.4, -0.2) is 21.3 Å². The van der Waals surface area contributed by atoms with Gasteiger partial charge in [0.2, 0.25) is 0 Å². The Balaban J connectivity index is 2.67. The van der Waals surface area contributed by atoms with Crippen LogP contribution >= 0.6 is 0 Å². The van der Waals surface area contributed by atoms with Gasteiger partial charge in [0, 0.05) is 5.39 Å². The van der Waals surface area contributed by atoms with E-state index in [1.165, 1.54) is 6.07 Å². The van der Waals surface area contributed by atoms with Crippen molar-refractivity contribution in [2.24, 2.45) is 0 Å². The second-order valence-electron chi connectivity index (χ2n) is 3.10. The molecule has 0 fully saturated rings. The Morgan fingerprint density at radius 1 is 1.29 bits per heavy atom. The topological polar surface area (TPSA) is 63.1 Å². The number of hydrogen-bond donors (Lipinski definition) is 1. The Labute approximate surface area is 80.2 Å². The van der Waals surface area contributed by atoms with Gasteiger partial charge in [-0.1, -0.05) is 12.1 Å². The molecule has 0 atom stereocenters. The normalized spacial score (nSPS) is 10.4. The highest BCUT2D eigenvalue weighted by atomic mass is 16.4. The van der Waals surface area contributed by atoms with Crippen LogP contribution in [0.15, 0.2) is 24.3 Å². The highest BCUT2D eigenvalue weighted by molar-refractivity contribution is 5.90. The number of aryl methyl sites for hydroxylation is 1. The summed E-state index contributed by atoms with van der Waals surface area (Å²) < 4.78 is 0. The molecule has 14 heavy (non-hydrogen) atoms. The number of hydrogen-bond acceptors (Lipinski definition) is 3. The Kier molecular flexibility index (Phi) is 1.89. The summed E-state index contributed by atoms with van der Waals surface area (Å²) >= 11 is 0. The lowest BCUT2D eigenvalue weighted by Crippen LogP contribution is -2.01. The van der Waals surface area contributed by atoms with Crippen LogP contribution in [0.4, 0.5) is 0 Å². The fourth-order valence-electron chi connectivity index (χ4n) is 1.25. The van der Waals surface area contributed by atoms with Gasteiger partial charge in [0.05, 0.1) is 5.52 Å².